The number of rotatable bonds is 5. The van der Waals surface area contributed by atoms with Crippen LogP contribution in [0.5, 0.6) is 0 Å². The number of nitrogens with one attached hydrogen (secondary N) is 1. The van der Waals surface area contributed by atoms with Gasteiger partial charge in [-0.25, -0.2) is 0 Å². The number of allylic oxidation sites excluding steroid dienone is 5. The van der Waals surface area contributed by atoms with Gasteiger partial charge in [-0.05, 0) is 35.6 Å². The standard InChI is InChI=1S/C21H18N4O3/c1-2-16-9-14(7-8-19(27)28)20-17(25-24-16)10-15(11-18(20)26)12-3-5-13(6-4-12)21(22)23/h1,3-6,9-10,14H,7-8,11H2,(H3,22,23)(H,27,28). The summed E-state index contributed by atoms with van der Waals surface area (Å²) in [5, 5.41) is 24.6. The van der Waals surface area contributed by atoms with Crippen molar-refractivity contribution in [1.82, 2.24) is 0 Å². The monoisotopic (exact) mass is 374 g/mol. The molecule has 0 radical (unpaired) electrons. The molecule has 0 aromatic heterocycles. The Hall–Kier alpha value is -3.79. The van der Waals surface area contributed by atoms with Gasteiger partial charge in [-0.1, -0.05) is 24.3 Å². The molecule has 140 valence electrons. The number of carboxylic acids is 1. The molecule has 1 unspecified atom stereocenters. The molecule has 1 heterocycles. The maximum atomic E-state index is 12.9. The Balaban J connectivity index is 2.01. The second kappa shape index (κ2) is 7.84. The lowest BCUT2D eigenvalue weighted by atomic mass is 9.82. The molecule has 28 heavy (non-hydrogen) atoms. The number of nitrogens with two attached hydrogens (primary N) is 1. The fourth-order valence-corrected chi connectivity index (χ4v) is 3.23. The zero-order valence-electron chi connectivity index (χ0n) is 15.0. The van der Waals surface area contributed by atoms with Gasteiger partial charge in [0.05, 0.1) is 5.70 Å². The third kappa shape index (κ3) is 3.96. The molecular weight excluding hydrogens is 356 g/mol. The van der Waals surface area contributed by atoms with Crippen LogP contribution in [0.15, 0.2) is 63.6 Å². The minimum absolute atomic E-state index is 0.0306. The molecule has 7 nitrogen and oxygen atoms in total. The van der Waals surface area contributed by atoms with Gasteiger partial charge in [-0.2, -0.15) is 0 Å². The van der Waals surface area contributed by atoms with E-state index in [1.54, 1.807) is 36.4 Å². The summed E-state index contributed by atoms with van der Waals surface area (Å²) in [7, 11) is 0. The molecule has 1 atom stereocenters. The van der Waals surface area contributed by atoms with Crippen LogP contribution in [0.25, 0.3) is 5.57 Å². The van der Waals surface area contributed by atoms with Crippen molar-refractivity contribution in [3.8, 4) is 12.3 Å². The summed E-state index contributed by atoms with van der Waals surface area (Å²) in [6.07, 6.45) is 9.17. The topological polar surface area (TPSA) is 129 Å². The minimum atomic E-state index is -0.944. The van der Waals surface area contributed by atoms with E-state index in [2.05, 4.69) is 16.1 Å². The van der Waals surface area contributed by atoms with Crippen LogP contribution in [-0.2, 0) is 9.59 Å². The van der Waals surface area contributed by atoms with Crippen LogP contribution < -0.4 is 5.73 Å². The Bertz CT molecular complexity index is 1020. The van der Waals surface area contributed by atoms with Crippen molar-refractivity contribution in [2.75, 3.05) is 0 Å². The highest BCUT2D eigenvalue weighted by Gasteiger charge is 2.30. The molecule has 4 N–H and O–H groups in total. The molecule has 0 bridgehead atoms. The highest BCUT2D eigenvalue weighted by Crippen LogP contribution is 2.36. The SMILES string of the molecule is C#CC1=CC(CCC(=O)O)C2=C(C=C(c3ccc(C(=N)N)cc3)CC2=O)N=N1. The number of nitrogens with zero attached hydrogens (tertiary/aromatic N) is 2. The summed E-state index contributed by atoms with van der Waals surface area (Å²) in [5.74, 6) is 0.855. The molecule has 7 heteroatoms. The van der Waals surface area contributed by atoms with Crippen molar-refractivity contribution in [2.45, 2.75) is 19.3 Å². The number of Topliss-reactive ketones (excluding diaryl/α,β-unsaturated/α-hetero) is 1. The number of amidine groups is 1. The van der Waals surface area contributed by atoms with E-state index in [-0.39, 0.29) is 36.6 Å². The molecule has 1 aliphatic carbocycles. The van der Waals surface area contributed by atoms with E-state index in [0.717, 1.165) is 11.1 Å². The quantitative estimate of drug-likeness (QED) is 0.415. The Morgan fingerprint density at radius 2 is 2.04 bits per heavy atom. The number of carbonyl (C=O) groups excluding carboxylic acids is 1. The van der Waals surface area contributed by atoms with Crippen molar-refractivity contribution < 1.29 is 14.7 Å². The second-order valence-electron chi connectivity index (χ2n) is 6.49. The first-order valence-corrected chi connectivity index (χ1v) is 8.63. The van der Waals surface area contributed by atoms with Gasteiger partial charge in [-0.3, -0.25) is 15.0 Å². The summed E-state index contributed by atoms with van der Waals surface area (Å²) >= 11 is 0. The molecule has 0 fully saturated rings. The van der Waals surface area contributed by atoms with Crippen LogP contribution in [0.2, 0.25) is 0 Å². The molecule has 1 aromatic rings. The van der Waals surface area contributed by atoms with Gasteiger partial charge in [-0.15, -0.1) is 16.7 Å². The van der Waals surface area contributed by atoms with E-state index in [4.69, 9.17) is 22.7 Å². The van der Waals surface area contributed by atoms with E-state index in [9.17, 15) is 9.59 Å². The number of hydrogen-bond acceptors (Lipinski definition) is 5. The third-order valence-corrected chi connectivity index (χ3v) is 4.62. The zero-order valence-corrected chi connectivity index (χ0v) is 15.0. The lowest BCUT2D eigenvalue weighted by Gasteiger charge is -2.21. The van der Waals surface area contributed by atoms with E-state index < -0.39 is 11.9 Å². The first-order valence-electron chi connectivity index (χ1n) is 8.63. The first kappa shape index (κ1) is 19.0. The fourth-order valence-electron chi connectivity index (χ4n) is 3.23. The van der Waals surface area contributed by atoms with Gasteiger partial charge in [0.25, 0.3) is 0 Å². The van der Waals surface area contributed by atoms with Gasteiger partial charge < -0.3 is 10.8 Å². The maximum absolute atomic E-state index is 12.9. The Kier molecular flexibility index (Phi) is 5.32. The smallest absolute Gasteiger partial charge is 0.303 e. The van der Waals surface area contributed by atoms with Gasteiger partial charge in [0.15, 0.2) is 5.78 Å². The van der Waals surface area contributed by atoms with Crippen molar-refractivity contribution in [3.63, 3.8) is 0 Å². The number of azo groups is 1. The Labute approximate surface area is 161 Å². The first-order chi connectivity index (χ1) is 13.4. The number of carbonyl (C=O) groups is 2. The number of aliphatic carboxylic acids is 1. The van der Waals surface area contributed by atoms with Crippen molar-refractivity contribution >= 4 is 23.2 Å². The molecule has 1 aromatic carbocycles. The summed E-state index contributed by atoms with van der Waals surface area (Å²) in [6, 6.07) is 7.02. The highest BCUT2D eigenvalue weighted by atomic mass is 16.4. The van der Waals surface area contributed by atoms with Crippen molar-refractivity contribution in [3.05, 3.63) is 64.5 Å². The van der Waals surface area contributed by atoms with Crippen molar-refractivity contribution in [1.29, 1.82) is 5.41 Å². The molecule has 0 spiro atoms. The minimum Gasteiger partial charge on any atom is -0.481 e. The molecule has 2 aliphatic rings. The third-order valence-electron chi connectivity index (χ3n) is 4.62. The van der Waals surface area contributed by atoms with E-state index in [1.165, 1.54) is 0 Å². The second-order valence-corrected chi connectivity index (χ2v) is 6.49. The molecule has 0 saturated heterocycles. The maximum Gasteiger partial charge on any atom is 0.303 e. The van der Waals surface area contributed by atoms with Crippen LogP contribution in [0.4, 0.5) is 0 Å². The van der Waals surface area contributed by atoms with E-state index >= 15 is 0 Å². The van der Waals surface area contributed by atoms with Gasteiger partial charge in [0.1, 0.15) is 11.5 Å². The zero-order chi connectivity index (χ0) is 20.3. The van der Waals surface area contributed by atoms with E-state index in [1.807, 2.05) is 0 Å². The number of nitrogen functional groups attached to an aromatic ring is 1. The summed E-state index contributed by atoms with van der Waals surface area (Å²) in [4.78, 5) is 23.9. The molecular formula is C21H18N4O3. The van der Waals surface area contributed by atoms with Crippen LogP contribution in [-0.4, -0.2) is 22.7 Å². The number of benzene rings is 1. The largest absolute Gasteiger partial charge is 0.481 e. The Morgan fingerprint density at radius 3 is 2.64 bits per heavy atom. The van der Waals surface area contributed by atoms with Crippen molar-refractivity contribution in [2.24, 2.45) is 21.9 Å². The van der Waals surface area contributed by atoms with Gasteiger partial charge in [0.2, 0.25) is 0 Å². The van der Waals surface area contributed by atoms with E-state index in [0.29, 0.717) is 16.8 Å². The Morgan fingerprint density at radius 1 is 1.32 bits per heavy atom. The van der Waals surface area contributed by atoms with Crippen LogP contribution in [0.3, 0.4) is 0 Å². The predicted molar refractivity (Wildman–Crippen MR) is 104 cm³/mol. The summed E-state index contributed by atoms with van der Waals surface area (Å²) in [5.41, 5.74) is 8.77. The number of ketones is 1. The lowest BCUT2D eigenvalue weighted by molar-refractivity contribution is -0.137. The van der Waals surface area contributed by atoms with Gasteiger partial charge in [0, 0.05) is 29.9 Å². The number of terminal acetylenes is 1. The summed E-state index contributed by atoms with van der Waals surface area (Å²) in [6.45, 7) is 0. The number of carboxylic acid groups (broad SMARTS) is 1. The van der Waals surface area contributed by atoms with Crippen LogP contribution in [0, 0.1) is 23.7 Å². The predicted octanol–water partition coefficient (Wildman–Crippen LogP) is 3.04. The van der Waals surface area contributed by atoms with Gasteiger partial charge >= 0.3 is 5.97 Å². The normalized spacial score (nSPS) is 18.5. The fraction of sp³-hybridized carbons (Fsp3) is 0.190. The average Bonchev–Trinajstić information content (AvgIpc) is 2.86. The summed E-state index contributed by atoms with van der Waals surface area (Å²) < 4.78 is 0. The van der Waals surface area contributed by atoms with Crippen LogP contribution in [0.1, 0.15) is 30.4 Å². The molecule has 1 aliphatic heterocycles. The van der Waals surface area contributed by atoms with Crippen LogP contribution >= 0.6 is 0 Å². The lowest BCUT2D eigenvalue weighted by Crippen LogP contribution is -2.18. The average molecular weight is 374 g/mol. The molecule has 0 amide bonds. The molecule has 3 rings (SSSR count). The highest BCUT2D eigenvalue weighted by molar-refractivity contribution is 6.06. The molecule has 0 saturated carbocycles. The number of hydrogen-bond donors (Lipinski definition) is 3.